The molecule has 1 atom stereocenters. The molecule has 1 aromatic rings. The maximum atomic E-state index is 11.9. The van der Waals surface area contributed by atoms with Gasteiger partial charge in [-0.3, -0.25) is 4.79 Å². The summed E-state index contributed by atoms with van der Waals surface area (Å²) < 4.78 is 5.12. The molecule has 102 valence electrons. The van der Waals surface area contributed by atoms with Crippen LogP contribution in [-0.4, -0.2) is 19.6 Å². The number of rotatable bonds is 5. The lowest BCUT2D eigenvalue weighted by molar-refractivity contribution is -0.125. The second-order valence-corrected chi connectivity index (χ2v) is 4.87. The minimum atomic E-state index is 0.167. The Balaban J connectivity index is 1.73. The van der Waals surface area contributed by atoms with Gasteiger partial charge < -0.3 is 10.1 Å². The van der Waals surface area contributed by atoms with Gasteiger partial charge in [-0.05, 0) is 43.4 Å². The third kappa shape index (κ3) is 4.12. The van der Waals surface area contributed by atoms with E-state index in [1.807, 2.05) is 24.3 Å². The molecule has 0 unspecified atom stereocenters. The number of carbonyl (C=O) groups is 1. The van der Waals surface area contributed by atoms with Crippen LogP contribution in [0.25, 0.3) is 0 Å². The van der Waals surface area contributed by atoms with Gasteiger partial charge in [0, 0.05) is 12.5 Å². The van der Waals surface area contributed by atoms with E-state index in [-0.39, 0.29) is 11.8 Å². The van der Waals surface area contributed by atoms with E-state index in [9.17, 15) is 4.79 Å². The first kappa shape index (κ1) is 13.7. The number of carbonyl (C=O) groups excluding carboxylic acids is 1. The van der Waals surface area contributed by atoms with Gasteiger partial charge in [0.1, 0.15) is 5.75 Å². The number of allylic oxidation sites excluding steroid dienone is 2. The molecular weight excluding hydrogens is 238 g/mol. The van der Waals surface area contributed by atoms with Gasteiger partial charge in [-0.15, -0.1) is 0 Å². The van der Waals surface area contributed by atoms with Gasteiger partial charge in [0.15, 0.2) is 0 Å². The Labute approximate surface area is 114 Å². The summed E-state index contributed by atoms with van der Waals surface area (Å²) in [6.07, 6.45) is 8.01. The van der Waals surface area contributed by atoms with Gasteiger partial charge in [-0.2, -0.15) is 0 Å². The average molecular weight is 259 g/mol. The lowest BCUT2D eigenvalue weighted by Gasteiger charge is -2.17. The zero-order valence-corrected chi connectivity index (χ0v) is 11.4. The van der Waals surface area contributed by atoms with Gasteiger partial charge in [-0.25, -0.2) is 0 Å². The average Bonchev–Trinajstić information content (AvgIpc) is 2.49. The topological polar surface area (TPSA) is 38.3 Å². The lowest BCUT2D eigenvalue weighted by atomic mass is 9.93. The van der Waals surface area contributed by atoms with Crippen molar-refractivity contribution >= 4 is 5.91 Å². The first-order valence-electron chi connectivity index (χ1n) is 6.85. The van der Waals surface area contributed by atoms with Crippen molar-refractivity contribution in [2.24, 2.45) is 5.92 Å². The third-order valence-corrected chi connectivity index (χ3v) is 3.51. The molecule has 0 heterocycles. The molecule has 0 radical (unpaired) electrons. The van der Waals surface area contributed by atoms with Crippen molar-refractivity contribution in [3.8, 4) is 5.75 Å². The molecule has 1 N–H and O–H groups in total. The minimum absolute atomic E-state index is 0.167. The number of methoxy groups -OCH3 is 1. The van der Waals surface area contributed by atoms with E-state index in [1.165, 1.54) is 5.56 Å². The summed E-state index contributed by atoms with van der Waals surface area (Å²) in [6, 6.07) is 7.97. The fourth-order valence-corrected chi connectivity index (χ4v) is 2.30. The number of benzene rings is 1. The fraction of sp³-hybridized carbons (Fsp3) is 0.438. The Hall–Kier alpha value is -1.77. The molecule has 1 amide bonds. The molecule has 0 spiro atoms. The summed E-state index contributed by atoms with van der Waals surface area (Å²) >= 11 is 0. The number of amides is 1. The van der Waals surface area contributed by atoms with Crippen LogP contribution in [-0.2, 0) is 11.2 Å². The van der Waals surface area contributed by atoms with Gasteiger partial charge in [0.25, 0.3) is 0 Å². The predicted octanol–water partition coefficient (Wildman–Crippen LogP) is 2.71. The Morgan fingerprint density at radius 1 is 1.32 bits per heavy atom. The zero-order valence-electron chi connectivity index (χ0n) is 11.4. The smallest absolute Gasteiger partial charge is 0.223 e. The van der Waals surface area contributed by atoms with E-state index in [1.54, 1.807) is 7.11 Å². The molecule has 0 aromatic heterocycles. The largest absolute Gasteiger partial charge is 0.497 e. The molecule has 1 aromatic carbocycles. The van der Waals surface area contributed by atoms with E-state index < -0.39 is 0 Å². The van der Waals surface area contributed by atoms with Crippen LogP contribution in [0.2, 0.25) is 0 Å². The SMILES string of the molecule is COc1ccc(CCNC(=O)[C@H]2CC=CCC2)cc1. The number of hydrogen-bond donors (Lipinski definition) is 1. The Morgan fingerprint density at radius 2 is 2.11 bits per heavy atom. The van der Waals surface area contributed by atoms with Gasteiger partial charge in [0.05, 0.1) is 7.11 Å². The molecular formula is C16H21NO2. The highest BCUT2D eigenvalue weighted by molar-refractivity contribution is 5.78. The van der Waals surface area contributed by atoms with Crippen LogP contribution in [0.3, 0.4) is 0 Å². The third-order valence-electron chi connectivity index (χ3n) is 3.51. The van der Waals surface area contributed by atoms with Crippen LogP contribution in [0.4, 0.5) is 0 Å². The van der Waals surface area contributed by atoms with Crippen molar-refractivity contribution in [1.29, 1.82) is 0 Å². The fourth-order valence-electron chi connectivity index (χ4n) is 2.30. The van der Waals surface area contributed by atoms with E-state index in [4.69, 9.17) is 4.74 Å². The molecule has 3 heteroatoms. The highest BCUT2D eigenvalue weighted by atomic mass is 16.5. The van der Waals surface area contributed by atoms with Crippen molar-refractivity contribution in [2.75, 3.05) is 13.7 Å². The standard InChI is InChI=1S/C16H21NO2/c1-19-15-9-7-13(8-10-15)11-12-17-16(18)14-5-3-2-4-6-14/h2-3,7-10,14H,4-6,11-12H2,1H3,(H,17,18)/t14-/m0/s1. The highest BCUT2D eigenvalue weighted by Gasteiger charge is 2.17. The molecule has 0 aliphatic heterocycles. The summed E-state index contributed by atoms with van der Waals surface area (Å²) in [7, 11) is 1.66. The normalized spacial score (nSPS) is 18.1. The zero-order chi connectivity index (χ0) is 13.5. The van der Waals surface area contributed by atoms with E-state index in [0.29, 0.717) is 6.54 Å². The van der Waals surface area contributed by atoms with E-state index in [2.05, 4.69) is 17.5 Å². The van der Waals surface area contributed by atoms with Crippen molar-refractivity contribution < 1.29 is 9.53 Å². The minimum Gasteiger partial charge on any atom is -0.497 e. The van der Waals surface area contributed by atoms with Crippen LogP contribution in [0.5, 0.6) is 5.75 Å². The highest BCUT2D eigenvalue weighted by Crippen LogP contribution is 2.18. The first-order chi connectivity index (χ1) is 9.29. The predicted molar refractivity (Wildman–Crippen MR) is 76.2 cm³/mol. The monoisotopic (exact) mass is 259 g/mol. The molecule has 2 rings (SSSR count). The Kier molecular flexibility index (Phi) is 5.01. The van der Waals surface area contributed by atoms with Crippen LogP contribution in [0.15, 0.2) is 36.4 Å². The number of nitrogens with one attached hydrogen (secondary N) is 1. The van der Waals surface area contributed by atoms with Crippen molar-refractivity contribution in [1.82, 2.24) is 5.32 Å². The van der Waals surface area contributed by atoms with Crippen molar-refractivity contribution in [3.05, 3.63) is 42.0 Å². The van der Waals surface area contributed by atoms with E-state index in [0.717, 1.165) is 31.4 Å². The molecule has 1 aliphatic rings. The van der Waals surface area contributed by atoms with Crippen LogP contribution >= 0.6 is 0 Å². The maximum Gasteiger partial charge on any atom is 0.223 e. The molecule has 0 saturated carbocycles. The maximum absolute atomic E-state index is 11.9. The molecule has 0 fully saturated rings. The van der Waals surface area contributed by atoms with E-state index >= 15 is 0 Å². The van der Waals surface area contributed by atoms with Gasteiger partial charge in [0.2, 0.25) is 5.91 Å². The second kappa shape index (κ2) is 6.98. The summed E-state index contributed by atoms with van der Waals surface area (Å²) in [5.74, 6) is 1.22. The van der Waals surface area contributed by atoms with Crippen molar-refractivity contribution in [3.63, 3.8) is 0 Å². The van der Waals surface area contributed by atoms with Crippen LogP contribution in [0.1, 0.15) is 24.8 Å². The van der Waals surface area contributed by atoms with Crippen LogP contribution in [0, 0.1) is 5.92 Å². The summed E-state index contributed by atoms with van der Waals surface area (Å²) in [6.45, 7) is 0.700. The molecule has 0 bridgehead atoms. The quantitative estimate of drug-likeness (QED) is 0.826. The van der Waals surface area contributed by atoms with Gasteiger partial charge in [-0.1, -0.05) is 24.3 Å². The van der Waals surface area contributed by atoms with Crippen LogP contribution < -0.4 is 10.1 Å². The molecule has 0 saturated heterocycles. The Morgan fingerprint density at radius 3 is 2.74 bits per heavy atom. The molecule has 3 nitrogen and oxygen atoms in total. The summed E-state index contributed by atoms with van der Waals surface area (Å²) in [4.78, 5) is 11.9. The number of hydrogen-bond acceptors (Lipinski definition) is 2. The lowest BCUT2D eigenvalue weighted by Crippen LogP contribution is -2.32. The summed E-state index contributed by atoms with van der Waals surface area (Å²) in [5, 5.41) is 3.03. The summed E-state index contributed by atoms with van der Waals surface area (Å²) in [5.41, 5.74) is 1.21. The molecule has 1 aliphatic carbocycles. The molecule has 19 heavy (non-hydrogen) atoms. The van der Waals surface area contributed by atoms with Crippen molar-refractivity contribution in [2.45, 2.75) is 25.7 Å². The Bertz CT molecular complexity index is 437. The first-order valence-corrected chi connectivity index (χ1v) is 6.85. The second-order valence-electron chi connectivity index (χ2n) is 4.87. The van der Waals surface area contributed by atoms with Gasteiger partial charge >= 0.3 is 0 Å². The number of ether oxygens (including phenoxy) is 1.